The number of nitrogen functional groups attached to an aromatic ring is 2. The lowest BCUT2D eigenvalue weighted by molar-refractivity contribution is -0.148. The molecule has 0 radical (unpaired) electrons. The van der Waals surface area contributed by atoms with E-state index in [1.54, 1.807) is 27.0 Å². The van der Waals surface area contributed by atoms with Crippen molar-refractivity contribution in [3.8, 4) is 5.75 Å². The summed E-state index contributed by atoms with van der Waals surface area (Å²) >= 11 is 0. The van der Waals surface area contributed by atoms with Crippen molar-refractivity contribution < 1.29 is 24.2 Å². The van der Waals surface area contributed by atoms with Gasteiger partial charge in [-0.1, -0.05) is 12.8 Å². The molecule has 0 saturated heterocycles. The Morgan fingerprint density at radius 2 is 1.78 bits per heavy atom. The summed E-state index contributed by atoms with van der Waals surface area (Å²) in [7, 11) is 0. The number of nitrogens with one attached hydrogen (secondary N) is 2. The minimum atomic E-state index is -1.47. The van der Waals surface area contributed by atoms with Gasteiger partial charge in [-0.05, 0) is 81.8 Å². The molecule has 2 aromatic heterocycles. The van der Waals surface area contributed by atoms with E-state index in [1.165, 1.54) is 0 Å². The van der Waals surface area contributed by atoms with E-state index >= 15 is 0 Å². The number of nitrogens with two attached hydrogens (primary N) is 2. The number of carbonyl (C=O) groups excluding carboxylic acids is 1. The number of ether oxygens (including phenoxy) is 2. The maximum absolute atomic E-state index is 12.6. The number of aromatic nitrogens is 3. The Bertz CT molecular complexity index is 1400. The van der Waals surface area contributed by atoms with Crippen LogP contribution in [0.4, 0.5) is 22.2 Å². The molecule has 12 heteroatoms. The Kier molecular flexibility index (Phi) is 8.69. The highest BCUT2D eigenvalue weighted by molar-refractivity contribution is 5.90. The van der Waals surface area contributed by atoms with Gasteiger partial charge in [-0.3, -0.25) is 0 Å². The fourth-order valence-electron chi connectivity index (χ4n) is 5.32. The summed E-state index contributed by atoms with van der Waals surface area (Å²) in [5, 5.41) is 17.0. The number of anilines is 3. The molecule has 1 atom stereocenters. The molecule has 1 saturated carbocycles. The van der Waals surface area contributed by atoms with Crippen LogP contribution >= 0.6 is 0 Å². The topological polar surface area (TPSA) is 188 Å². The predicted molar refractivity (Wildman–Crippen MR) is 156 cm³/mol. The zero-order valence-electron chi connectivity index (χ0n) is 24.0. The van der Waals surface area contributed by atoms with Crippen molar-refractivity contribution >= 4 is 40.5 Å². The van der Waals surface area contributed by atoms with Gasteiger partial charge in [-0.15, -0.1) is 0 Å². The predicted octanol–water partition coefficient (Wildman–Crippen LogP) is 4.42. The van der Waals surface area contributed by atoms with E-state index < -0.39 is 23.2 Å². The van der Waals surface area contributed by atoms with E-state index in [1.807, 2.05) is 31.2 Å². The first-order chi connectivity index (χ1) is 19.4. The van der Waals surface area contributed by atoms with E-state index in [9.17, 15) is 14.7 Å². The summed E-state index contributed by atoms with van der Waals surface area (Å²) in [6, 6.07) is 7.36. The molecule has 0 unspecified atom stereocenters. The first-order valence-electron chi connectivity index (χ1n) is 13.8. The number of alkyl carbamates (subject to hydrolysis) is 1. The lowest BCUT2D eigenvalue weighted by Gasteiger charge is -2.36. The van der Waals surface area contributed by atoms with Crippen LogP contribution in [0.25, 0.3) is 11.0 Å². The molecule has 12 nitrogen and oxygen atoms in total. The van der Waals surface area contributed by atoms with Gasteiger partial charge in [0.25, 0.3) is 0 Å². The van der Waals surface area contributed by atoms with E-state index in [2.05, 4.69) is 25.6 Å². The lowest BCUT2D eigenvalue weighted by atomic mass is 9.80. The number of amides is 1. The molecule has 7 N–H and O–H groups in total. The number of carboxylic acid groups (broad SMARTS) is 1. The van der Waals surface area contributed by atoms with Gasteiger partial charge in [0.15, 0.2) is 5.65 Å². The van der Waals surface area contributed by atoms with Crippen LogP contribution in [0.3, 0.4) is 0 Å². The van der Waals surface area contributed by atoms with Crippen LogP contribution in [0.1, 0.15) is 64.0 Å². The number of carboxylic acids is 1. The van der Waals surface area contributed by atoms with Crippen molar-refractivity contribution in [1.29, 1.82) is 0 Å². The maximum Gasteiger partial charge on any atom is 0.408 e. The molecule has 1 aliphatic rings. The van der Waals surface area contributed by atoms with Crippen LogP contribution in [0.15, 0.2) is 30.5 Å². The zero-order valence-corrected chi connectivity index (χ0v) is 24.0. The van der Waals surface area contributed by atoms with Crippen LogP contribution in [-0.4, -0.2) is 49.9 Å². The number of hydrogen-bond donors (Lipinski definition) is 5. The molecule has 1 aromatic carbocycles. The number of carbonyl (C=O) groups is 2. The number of rotatable bonds is 10. The van der Waals surface area contributed by atoms with Crippen molar-refractivity contribution in [1.82, 2.24) is 20.3 Å². The average molecular weight is 566 g/mol. The zero-order chi connectivity index (χ0) is 29.8. The highest BCUT2D eigenvalue weighted by Crippen LogP contribution is 2.37. The summed E-state index contributed by atoms with van der Waals surface area (Å²) in [6.07, 6.45) is 4.41. The lowest BCUT2D eigenvalue weighted by Crippen LogP contribution is -2.60. The second kappa shape index (κ2) is 12.0. The standard InChI is InChI=1S/C29H39N7O5/c1-17-18(16-33-24-22(17)23(30)34-26(31)35-24)15-32-20-9-11-21(12-10-20)40-14-13-29(25(37)38,19-7-5-6-8-19)36-27(39)41-28(2,3)4/h9-12,16,19,32H,5-8,13-15H2,1-4H3,(H,36,39)(H,37,38)(H4,30,31,33,34,35)/t29-/m0/s1. The number of fused-ring (bicyclic) bond motifs is 1. The number of hydrogen-bond acceptors (Lipinski definition) is 10. The monoisotopic (exact) mass is 565 g/mol. The van der Waals surface area contributed by atoms with Gasteiger partial charge in [0.05, 0.1) is 12.0 Å². The molecule has 4 rings (SSSR count). The smallest absolute Gasteiger partial charge is 0.408 e. The molecule has 3 aromatic rings. The van der Waals surface area contributed by atoms with Gasteiger partial charge in [0.2, 0.25) is 5.95 Å². The molecule has 1 aliphatic carbocycles. The Morgan fingerprint density at radius 3 is 2.41 bits per heavy atom. The Balaban J connectivity index is 1.38. The summed E-state index contributed by atoms with van der Waals surface area (Å²) in [6.45, 7) is 7.78. The SMILES string of the molecule is Cc1c(CNc2ccc(OCC[C@@](NC(=O)OC(C)(C)C)(C(=O)O)C3CCCC3)cc2)cnc2nc(N)nc(N)c12. The molecule has 0 spiro atoms. The van der Waals surface area contributed by atoms with E-state index in [-0.39, 0.29) is 24.9 Å². The van der Waals surface area contributed by atoms with Crippen LogP contribution in [0.5, 0.6) is 5.75 Å². The number of nitrogens with zero attached hydrogens (tertiary/aromatic N) is 3. The summed E-state index contributed by atoms with van der Waals surface area (Å²) in [5.41, 5.74) is 12.7. The van der Waals surface area contributed by atoms with E-state index in [0.29, 0.717) is 29.1 Å². The Labute approximate surface area is 239 Å². The van der Waals surface area contributed by atoms with Crippen LogP contribution in [-0.2, 0) is 16.1 Å². The molecule has 2 heterocycles. The molecule has 41 heavy (non-hydrogen) atoms. The van der Waals surface area contributed by atoms with Crippen molar-refractivity contribution in [2.45, 2.75) is 77.5 Å². The first-order valence-corrected chi connectivity index (χ1v) is 13.8. The Morgan fingerprint density at radius 1 is 1.10 bits per heavy atom. The maximum atomic E-state index is 12.6. The molecular weight excluding hydrogens is 526 g/mol. The fourth-order valence-corrected chi connectivity index (χ4v) is 5.32. The van der Waals surface area contributed by atoms with Crippen molar-refractivity contribution in [3.63, 3.8) is 0 Å². The number of aliphatic carboxylic acids is 1. The summed E-state index contributed by atoms with van der Waals surface area (Å²) < 4.78 is 11.3. The van der Waals surface area contributed by atoms with E-state index in [0.717, 1.165) is 42.5 Å². The number of benzene rings is 1. The highest BCUT2D eigenvalue weighted by Gasteiger charge is 2.48. The third kappa shape index (κ3) is 7.05. The summed E-state index contributed by atoms with van der Waals surface area (Å²) in [4.78, 5) is 37.7. The molecule has 0 bridgehead atoms. The minimum Gasteiger partial charge on any atom is -0.493 e. The third-order valence-corrected chi connectivity index (χ3v) is 7.39. The third-order valence-electron chi connectivity index (χ3n) is 7.39. The summed E-state index contributed by atoms with van der Waals surface area (Å²) in [5.74, 6) is -0.308. The van der Waals surface area contributed by atoms with Crippen LogP contribution < -0.4 is 26.8 Å². The van der Waals surface area contributed by atoms with Crippen molar-refractivity contribution in [2.24, 2.45) is 5.92 Å². The highest BCUT2D eigenvalue weighted by atomic mass is 16.6. The first kappa shape index (κ1) is 29.6. The average Bonchev–Trinajstić information content (AvgIpc) is 3.42. The molecule has 220 valence electrons. The van der Waals surface area contributed by atoms with Gasteiger partial charge >= 0.3 is 12.1 Å². The second-order valence-electron chi connectivity index (χ2n) is 11.4. The van der Waals surface area contributed by atoms with Crippen LogP contribution in [0.2, 0.25) is 0 Å². The fraction of sp³-hybridized carbons (Fsp3) is 0.483. The van der Waals surface area contributed by atoms with Crippen LogP contribution in [0, 0.1) is 12.8 Å². The van der Waals surface area contributed by atoms with Gasteiger partial charge in [-0.2, -0.15) is 9.97 Å². The van der Waals surface area contributed by atoms with Gasteiger partial charge in [0.1, 0.15) is 22.7 Å². The molecule has 1 fully saturated rings. The van der Waals surface area contributed by atoms with Gasteiger partial charge in [-0.25, -0.2) is 14.6 Å². The number of pyridine rings is 1. The van der Waals surface area contributed by atoms with Crippen molar-refractivity contribution in [2.75, 3.05) is 23.4 Å². The largest absolute Gasteiger partial charge is 0.493 e. The molecule has 1 amide bonds. The minimum absolute atomic E-state index is 0.0848. The Hall–Kier alpha value is -4.35. The van der Waals surface area contributed by atoms with Crippen molar-refractivity contribution in [3.05, 3.63) is 41.6 Å². The van der Waals surface area contributed by atoms with E-state index in [4.69, 9.17) is 20.9 Å². The number of aryl methyl sites for hydroxylation is 1. The second-order valence-corrected chi connectivity index (χ2v) is 11.4. The normalized spacial score (nSPS) is 15.3. The van der Waals surface area contributed by atoms with Gasteiger partial charge in [0, 0.05) is 24.8 Å². The quantitative estimate of drug-likeness (QED) is 0.234. The van der Waals surface area contributed by atoms with Gasteiger partial charge < -0.3 is 36.7 Å². The molecule has 0 aliphatic heterocycles. The molecular formula is C29H39N7O5.